The molecule has 2 aromatic heterocycles. The second kappa shape index (κ2) is 7.16. The summed E-state index contributed by atoms with van der Waals surface area (Å²) in [5.41, 5.74) is 0.930. The lowest BCUT2D eigenvalue weighted by Gasteiger charge is -2.37. The highest BCUT2D eigenvalue weighted by atomic mass is 16.5. The Kier molecular flexibility index (Phi) is 4.73. The number of piperazine rings is 1. The minimum Gasteiger partial charge on any atom is -0.375 e. The molecule has 1 unspecified atom stereocenters. The van der Waals surface area contributed by atoms with E-state index in [-0.39, 0.29) is 12.0 Å². The summed E-state index contributed by atoms with van der Waals surface area (Å²) in [6, 6.07) is 2.04. The summed E-state index contributed by atoms with van der Waals surface area (Å²) in [7, 11) is 0. The van der Waals surface area contributed by atoms with Gasteiger partial charge in [-0.25, -0.2) is 4.98 Å². The van der Waals surface area contributed by atoms with E-state index in [1.807, 2.05) is 24.8 Å². The first kappa shape index (κ1) is 17.2. The number of hydrogen-bond acceptors (Lipinski definition) is 7. The monoisotopic (exact) mass is 359 g/mol. The molecule has 140 valence electrons. The summed E-state index contributed by atoms with van der Waals surface area (Å²) in [5.74, 6) is 1.84. The van der Waals surface area contributed by atoms with E-state index in [0.29, 0.717) is 32.0 Å². The Morgan fingerprint density at radius 1 is 1.27 bits per heavy atom. The van der Waals surface area contributed by atoms with Crippen molar-refractivity contribution < 1.29 is 9.53 Å². The van der Waals surface area contributed by atoms with Crippen molar-refractivity contribution in [1.82, 2.24) is 29.4 Å². The third kappa shape index (κ3) is 3.49. The van der Waals surface area contributed by atoms with Crippen LogP contribution in [-0.4, -0.2) is 93.8 Å². The number of morpholine rings is 1. The minimum atomic E-state index is 0.129. The molecule has 9 heteroatoms. The Morgan fingerprint density at radius 3 is 2.85 bits per heavy atom. The van der Waals surface area contributed by atoms with Crippen LogP contribution in [0.5, 0.6) is 0 Å². The fourth-order valence-corrected chi connectivity index (χ4v) is 3.61. The van der Waals surface area contributed by atoms with Crippen LogP contribution in [0.4, 0.5) is 5.82 Å². The first-order valence-corrected chi connectivity index (χ1v) is 9.14. The summed E-state index contributed by atoms with van der Waals surface area (Å²) in [5, 5.41) is 4.29. The van der Waals surface area contributed by atoms with Crippen LogP contribution < -0.4 is 4.90 Å². The van der Waals surface area contributed by atoms with E-state index in [1.54, 1.807) is 4.52 Å². The number of amides is 1. The molecule has 26 heavy (non-hydrogen) atoms. The quantitative estimate of drug-likeness (QED) is 0.751. The van der Waals surface area contributed by atoms with Crippen LogP contribution in [0, 0.1) is 6.92 Å². The SMILES string of the molecule is Cc1cc(N2CCN(CC(=O)N3CCOC(C)C3)CC2)n2ncnc2n1. The number of aromatic nitrogens is 4. The Balaban J connectivity index is 1.36. The average Bonchev–Trinajstić information content (AvgIpc) is 3.10. The van der Waals surface area contributed by atoms with Crippen molar-refractivity contribution in [2.24, 2.45) is 0 Å². The fourth-order valence-electron chi connectivity index (χ4n) is 3.61. The molecular weight excluding hydrogens is 334 g/mol. The predicted molar refractivity (Wildman–Crippen MR) is 96.2 cm³/mol. The summed E-state index contributed by atoms with van der Waals surface area (Å²) >= 11 is 0. The summed E-state index contributed by atoms with van der Waals surface area (Å²) in [6.45, 7) is 9.90. The molecule has 0 aromatic carbocycles. The van der Waals surface area contributed by atoms with Crippen LogP contribution in [0.3, 0.4) is 0 Å². The maximum Gasteiger partial charge on any atom is 0.254 e. The van der Waals surface area contributed by atoms with Gasteiger partial charge in [0, 0.05) is 51.0 Å². The standard InChI is InChI=1S/C17H25N7O2/c1-13-9-15(24-17(20-13)18-12-19-24)22-5-3-21(4-6-22)11-16(25)23-7-8-26-14(2)10-23/h9,12,14H,3-8,10-11H2,1-2H3. The molecule has 0 spiro atoms. The van der Waals surface area contributed by atoms with Gasteiger partial charge in [0.25, 0.3) is 5.78 Å². The molecule has 0 radical (unpaired) electrons. The molecule has 1 atom stereocenters. The molecule has 9 nitrogen and oxygen atoms in total. The number of carbonyl (C=O) groups excluding carboxylic acids is 1. The zero-order valence-corrected chi connectivity index (χ0v) is 15.3. The Bertz CT molecular complexity index is 785. The van der Waals surface area contributed by atoms with Crippen LogP contribution in [0.2, 0.25) is 0 Å². The zero-order valence-electron chi connectivity index (χ0n) is 15.3. The number of anilines is 1. The largest absolute Gasteiger partial charge is 0.375 e. The van der Waals surface area contributed by atoms with E-state index in [2.05, 4.69) is 24.9 Å². The first-order valence-electron chi connectivity index (χ1n) is 9.14. The van der Waals surface area contributed by atoms with E-state index in [4.69, 9.17) is 4.74 Å². The van der Waals surface area contributed by atoms with Crippen molar-refractivity contribution in [3.05, 3.63) is 18.1 Å². The lowest BCUT2D eigenvalue weighted by atomic mass is 10.2. The molecule has 2 fully saturated rings. The van der Waals surface area contributed by atoms with Crippen LogP contribution in [0.1, 0.15) is 12.6 Å². The van der Waals surface area contributed by atoms with Gasteiger partial charge in [0.1, 0.15) is 12.1 Å². The molecule has 0 aliphatic carbocycles. The Labute approximate surface area is 152 Å². The highest BCUT2D eigenvalue weighted by molar-refractivity contribution is 5.78. The zero-order chi connectivity index (χ0) is 18.1. The Morgan fingerprint density at radius 2 is 2.08 bits per heavy atom. The second-order valence-electron chi connectivity index (χ2n) is 7.01. The maximum atomic E-state index is 12.5. The Hall–Kier alpha value is -2.26. The van der Waals surface area contributed by atoms with Crippen molar-refractivity contribution in [3.8, 4) is 0 Å². The third-order valence-corrected chi connectivity index (χ3v) is 5.01. The molecule has 1 amide bonds. The molecule has 4 rings (SSSR count). The molecule has 4 heterocycles. The van der Waals surface area contributed by atoms with Crippen molar-refractivity contribution in [3.63, 3.8) is 0 Å². The lowest BCUT2D eigenvalue weighted by Crippen LogP contribution is -2.52. The topological polar surface area (TPSA) is 79.1 Å². The van der Waals surface area contributed by atoms with Crippen LogP contribution >= 0.6 is 0 Å². The number of carbonyl (C=O) groups is 1. The molecule has 2 aliphatic rings. The molecule has 2 aliphatic heterocycles. The number of nitrogens with zero attached hydrogens (tertiary/aromatic N) is 7. The normalized spacial score (nSPS) is 22.2. The molecule has 0 bridgehead atoms. The first-order chi connectivity index (χ1) is 12.6. The minimum absolute atomic E-state index is 0.129. The van der Waals surface area contributed by atoms with Gasteiger partial charge in [0.05, 0.1) is 19.3 Å². The van der Waals surface area contributed by atoms with E-state index >= 15 is 0 Å². The second-order valence-corrected chi connectivity index (χ2v) is 7.01. The predicted octanol–water partition coefficient (Wildman–Crippen LogP) is -0.198. The summed E-state index contributed by atoms with van der Waals surface area (Å²) < 4.78 is 7.30. The number of aryl methyl sites for hydroxylation is 1. The van der Waals surface area contributed by atoms with Gasteiger partial charge < -0.3 is 14.5 Å². The van der Waals surface area contributed by atoms with Gasteiger partial charge in [0.2, 0.25) is 5.91 Å². The van der Waals surface area contributed by atoms with Crippen LogP contribution in [0.15, 0.2) is 12.4 Å². The van der Waals surface area contributed by atoms with Crippen molar-refractivity contribution >= 4 is 17.5 Å². The van der Waals surface area contributed by atoms with Crippen molar-refractivity contribution in [2.75, 3.05) is 57.3 Å². The van der Waals surface area contributed by atoms with Crippen molar-refractivity contribution in [2.45, 2.75) is 20.0 Å². The fraction of sp³-hybridized carbons (Fsp3) is 0.647. The molecule has 2 aromatic rings. The van der Waals surface area contributed by atoms with Gasteiger partial charge >= 0.3 is 0 Å². The maximum absolute atomic E-state index is 12.5. The third-order valence-electron chi connectivity index (χ3n) is 5.01. The van der Waals surface area contributed by atoms with Gasteiger partial charge in [-0.1, -0.05) is 0 Å². The molecular formula is C17H25N7O2. The van der Waals surface area contributed by atoms with E-state index in [1.165, 1.54) is 6.33 Å². The van der Waals surface area contributed by atoms with Gasteiger partial charge in [-0.3, -0.25) is 9.69 Å². The van der Waals surface area contributed by atoms with E-state index in [9.17, 15) is 4.79 Å². The van der Waals surface area contributed by atoms with E-state index in [0.717, 1.165) is 37.7 Å². The summed E-state index contributed by atoms with van der Waals surface area (Å²) in [6.07, 6.45) is 1.66. The lowest BCUT2D eigenvalue weighted by molar-refractivity contribution is -0.139. The van der Waals surface area contributed by atoms with Crippen LogP contribution in [0.25, 0.3) is 5.78 Å². The van der Waals surface area contributed by atoms with Gasteiger partial charge in [-0.2, -0.15) is 14.6 Å². The van der Waals surface area contributed by atoms with E-state index < -0.39 is 0 Å². The number of rotatable bonds is 3. The molecule has 2 saturated heterocycles. The summed E-state index contributed by atoms with van der Waals surface area (Å²) in [4.78, 5) is 27.6. The highest BCUT2D eigenvalue weighted by Crippen LogP contribution is 2.18. The number of hydrogen-bond donors (Lipinski definition) is 0. The number of fused-ring (bicyclic) bond motifs is 1. The van der Waals surface area contributed by atoms with Gasteiger partial charge in [-0.05, 0) is 13.8 Å². The van der Waals surface area contributed by atoms with Gasteiger partial charge in [-0.15, -0.1) is 0 Å². The smallest absolute Gasteiger partial charge is 0.254 e. The van der Waals surface area contributed by atoms with Crippen molar-refractivity contribution in [1.29, 1.82) is 0 Å². The number of ether oxygens (including phenoxy) is 1. The highest BCUT2D eigenvalue weighted by Gasteiger charge is 2.26. The molecule has 0 saturated carbocycles. The average molecular weight is 359 g/mol. The van der Waals surface area contributed by atoms with Gasteiger partial charge in [0.15, 0.2) is 0 Å². The van der Waals surface area contributed by atoms with Crippen LogP contribution in [-0.2, 0) is 9.53 Å². The molecule has 0 N–H and O–H groups in total.